The molecule has 0 spiro atoms. The number of hydrogen-bond acceptors (Lipinski definition) is 5. The molecule has 2 N–H and O–H groups in total. The quantitative estimate of drug-likeness (QED) is 0.456. The lowest BCUT2D eigenvalue weighted by Gasteiger charge is -2.21. The van der Waals surface area contributed by atoms with Gasteiger partial charge in [0.25, 0.3) is 5.78 Å². The van der Waals surface area contributed by atoms with Crippen LogP contribution in [0, 0.1) is 0 Å². The average molecular weight is 429 g/mol. The van der Waals surface area contributed by atoms with E-state index in [1.165, 1.54) is 0 Å². The fourth-order valence-corrected chi connectivity index (χ4v) is 3.79. The van der Waals surface area contributed by atoms with Crippen LogP contribution in [0.25, 0.3) is 27.8 Å². The molecule has 0 bridgehead atoms. The van der Waals surface area contributed by atoms with Crippen LogP contribution in [0.2, 0.25) is 5.02 Å². The molecule has 5 aromatic rings. The highest BCUT2D eigenvalue weighted by Gasteiger charge is 2.15. The minimum absolute atomic E-state index is 0.443. The Kier molecular flexibility index (Phi) is 4.52. The lowest BCUT2D eigenvalue weighted by atomic mass is 10.0. The van der Waals surface area contributed by atoms with Gasteiger partial charge in [0.15, 0.2) is 0 Å². The summed E-state index contributed by atoms with van der Waals surface area (Å²) in [4.78, 5) is 18.1. The molecule has 3 aromatic carbocycles. The summed E-state index contributed by atoms with van der Waals surface area (Å²) in [6.45, 7) is 0. The van der Waals surface area contributed by atoms with Crippen molar-refractivity contribution in [3.63, 3.8) is 0 Å². The van der Waals surface area contributed by atoms with Crippen molar-refractivity contribution in [1.29, 1.82) is 0 Å². The van der Waals surface area contributed by atoms with Crippen molar-refractivity contribution in [1.82, 2.24) is 19.6 Å². The summed E-state index contributed by atoms with van der Waals surface area (Å²) in [7, 11) is 1.96. The highest BCUT2D eigenvalue weighted by atomic mass is 35.5. The van der Waals surface area contributed by atoms with E-state index in [0.717, 1.165) is 33.5 Å². The predicted octanol–water partition coefficient (Wildman–Crippen LogP) is 4.46. The predicted molar refractivity (Wildman–Crippen MR) is 122 cm³/mol. The molecule has 0 fully saturated rings. The van der Waals surface area contributed by atoms with Crippen molar-refractivity contribution in [3.05, 3.63) is 83.6 Å². The molecule has 0 aliphatic rings. The first-order valence-corrected chi connectivity index (χ1v) is 9.92. The van der Waals surface area contributed by atoms with Crippen molar-refractivity contribution in [2.75, 3.05) is 11.9 Å². The van der Waals surface area contributed by atoms with E-state index in [0.29, 0.717) is 16.4 Å². The summed E-state index contributed by atoms with van der Waals surface area (Å²) < 4.78 is 1.81. The second kappa shape index (κ2) is 7.37. The molecule has 0 unspecified atom stereocenters. The Morgan fingerprint density at radius 1 is 1.03 bits per heavy atom. The number of halogens is 1. The number of fused-ring (bicyclic) bond motifs is 3. The number of nitrogens with two attached hydrogens (primary N) is 1. The molecule has 0 aliphatic heterocycles. The zero-order valence-corrected chi connectivity index (χ0v) is 17.3. The maximum Gasteiger partial charge on any atom is 0.257 e. The number of carbonyl (C=O) groups excluding carboxylic acids is 1. The van der Waals surface area contributed by atoms with E-state index in [2.05, 4.69) is 16.3 Å². The minimum Gasteiger partial charge on any atom is -0.366 e. The summed E-state index contributed by atoms with van der Waals surface area (Å²) in [5.41, 5.74) is 9.64. The summed E-state index contributed by atoms with van der Waals surface area (Å²) in [5, 5.41) is 9.66. The normalized spacial score (nSPS) is 11.2. The van der Waals surface area contributed by atoms with Gasteiger partial charge in [-0.25, -0.2) is 0 Å². The van der Waals surface area contributed by atoms with Gasteiger partial charge in [-0.3, -0.25) is 9.20 Å². The first-order valence-electron chi connectivity index (χ1n) is 9.54. The van der Waals surface area contributed by atoms with E-state index >= 15 is 0 Å². The van der Waals surface area contributed by atoms with Gasteiger partial charge < -0.3 is 10.6 Å². The fourth-order valence-electron chi connectivity index (χ4n) is 3.62. The third-order valence-electron chi connectivity index (χ3n) is 5.25. The Morgan fingerprint density at radius 3 is 2.61 bits per heavy atom. The molecule has 152 valence electrons. The number of anilines is 2. The van der Waals surface area contributed by atoms with Crippen LogP contribution in [0.4, 0.5) is 11.5 Å². The zero-order valence-electron chi connectivity index (χ0n) is 16.5. The molecule has 5 rings (SSSR count). The Bertz CT molecular complexity index is 1440. The number of carbonyl (C=O) groups is 1. The Labute approximate surface area is 182 Å². The van der Waals surface area contributed by atoms with Crippen LogP contribution in [0.1, 0.15) is 10.4 Å². The topological polar surface area (TPSA) is 89.4 Å². The largest absolute Gasteiger partial charge is 0.366 e. The first kappa shape index (κ1) is 19.0. The number of primary amides is 1. The molecule has 8 heteroatoms. The highest BCUT2D eigenvalue weighted by molar-refractivity contribution is 6.31. The SMILES string of the molecule is CN(c1cccc(-c2ccc(C(N)=O)cc2)c1)c1nc2nncn2c2cc(Cl)ccc12. The number of hydrogen-bond donors (Lipinski definition) is 1. The Hall–Kier alpha value is -3.97. The van der Waals surface area contributed by atoms with Gasteiger partial charge in [0.05, 0.1) is 5.52 Å². The minimum atomic E-state index is -0.443. The second-order valence-electron chi connectivity index (χ2n) is 7.15. The van der Waals surface area contributed by atoms with Crippen LogP contribution in [0.5, 0.6) is 0 Å². The maximum absolute atomic E-state index is 11.3. The molecule has 2 heterocycles. The van der Waals surface area contributed by atoms with Crippen LogP contribution in [0.3, 0.4) is 0 Å². The van der Waals surface area contributed by atoms with E-state index in [-0.39, 0.29) is 0 Å². The number of nitrogens with zero attached hydrogens (tertiary/aromatic N) is 5. The molecule has 0 saturated carbocycles. The van der Waals surface area contributed by atoms with Gasteiger partial charge in [0.1, 0.15) is 12.1 Å². The molecule has 0 saturated heterocycles. The van der Waals surface area contributed by atoms with Crippen molar-refractivity contribution < 1.29 is 4.79 Å². The van der Waals surface area contributed by atoms with Crippen LogP contribution in [-0.4, -0.2) is 32.5 Å². The van der Waals surface area contributed by atoms with Crippen molar-refractivity contribution >= 4 is 45.7 Å². The van der Waals surface area contributed by atoms with Crippen LogP contribution in [0.15, 0.2) is 73.1 Å². The molecule has 2 aromatic heterocycles. The summed E-state index contributed by atoms with van der Waals surface area (Å²) in [5.74, 6) is 0.796. The number of rotatable bonds is 4. The van der Waals surface area contributed by atoms with E-state index in [9.17, 15) is 4.79 Å². The molecule has 31 heavy (non-hydrogen) atoms. The number of benzene rings is 3. The van der Waals surface area contributed by atoms with Crippen LogP contribution in [-0.2, 0) is 0 Å². The molecular weight excluding hydrogens is 412 g/mol. The van der Waals surface area contributed by atoms with Gasteiger partial charge in [-0.2, -0.15) is 4.98 Å². The highest BCUT2D eigenvalue weighted by Crippen LogP contribution is 2.33. The number of amides is 1. The standard InChI is InChI=1S/C23H17ClN6O/c1-29(18-4-2-3-16(11-18)14-5-7-15(8-6-14)21(25)31)22-19-10-9-17(24)12-20(19)30-13-26-28-23(30)27-22/h2-13H,1H3,(H2,25,31). The van der Waals surface area contributed by atoms with Gasteiger partial charge in [-0.15, -0.1) is 10.2 Å². The lowest BCUT2D eigenvalue weighted by molar-refractivity contribution is 0.100. The Morgan fingerprint density at radius 2 is 1.84 bits per heavy atom. The van der Waals surface area contributed by atoms with E-state index in [4.69, 9.17) is 22.3 Å². The molecule has 7 nitrogen and oxygen atoms in total. The fraction of sp³-hybridized carbons (Fsp3) is 0.0435. The van der Waals surface area contributed by atoms with Crippen molar-refractivity contribution in [2.24, 2.45) is 5.73 Å². The van der Waals surface area contributed by atoms with Gasteiger partial charge in [-0.05, 0) is 53.6 Å². The van der Waals surface area contributed by atoms with E-state index in [1.807, 2.05) is 64.9 Å². The van der Waals surface area contributed by atoms with Crippen LogP contribution >= 0.6 is 11.6 Å². The molecule has 0 radical (unpaired) electrons. The average Bonchev–Trinajstić information content (AvgIpc) is 3.27. The maximum atomic E-state index is 11.3. The van der Waals surface area contributed by atoms with Gasteiger partial charge in [-0.1, -0.05) is 35.9 Å². The van der Waals surface area contributed by atoms with Crippen molar-refractivity contribution in [3.8, 4) is 11.1 Å². The lowest BCUT2D eigenvalue weighted by Crippen LogP contribution is -2.13. The monoisotopic (exact) mass is 428 g/mol. The third kappa shape index (κ3) is 3.35. The van der Waals surface area contributed by atoms with E-state index < -0.39 is 5.91 Å². The van der Waals surface area contributed by atoms with Crippen LogP contribution < -0.4 is 10.6 Å². The van der Waals surface area contributed by atoms with Gasteiger partial charge in [0, 0.05) is 28.7 Å². The van der Waals surface area contributed by atoms with Gasteiger partial charge in [0.2, 0.25) is 5.91 Å². The molecule has 0 atom stereocenters. The zero-order chi connectivity index (χ0) is 21.5. The van der Waals surface area contributed by atoms with Crippen molar-refractivity contribution in [2.45, 2.75) is 0 Å². The third-order valence-corrected chi connectivity index (χ3v) is 5.48. The number of aromatic nitrogens is 4. The molecule has 0 aliphatic carbocycles. The molecular formula is C23H17ClN6O. The first-order chi connectivity index (χ1) is 15.0. The Balaban J connectivity index is 1.60. The summed E-state index contributed by atoms with van der Waals surface area (Å²) in [6, 6.07) is 21.0. The van der Waals surface area contributed by atoms with Gasteiger partial charge >= 0.3 is 0 Å². The molecule has 1 amide bonds. The summed E-state index contributed by atoms with van der Waals surface area (Å²) in [6.07, 6.45) is 1.63. The summed E-state index contributed by atoms with van der Waals surface area (Å²) >= 11 is 6.24. The second-order valence-corrected chi connectivity index (χ2v) is 7.59. The smallest absolute Gasteiger partial charge is 0.257 e. The van der Waals surface area contributed by atoms with E-state index in [1.54, 1.807) is 18.5 Å².